The van der Waals surface area contributed by atoms with E-state index < -0.39 is 5.82 Å². The van der Waals surface area contributed by atoms with Gasteiger partial charge in [0.05, 0.1) is 12.2 Å². The van der Waals surface area contributed by atoms with Gasteiger partial charge in [-0.2, -0.15) is 4.98 Å². The second-order valence-electron chi connectivity index (χ2n) is 5.49. The van der Waals surface area contributed by atoms with Crippen molar-refractivity contribution in [1.82, 2.24) is 9.97 Å². The molecule has 0 saturated carbocycles. The van der Waals surface area contributed by atoms with Crippen molar-refractivity contribution >= 4 is 11.8 Å². The molecule has 21 heavy (non-hydrogen) atoms. The van der Waals surface area contributed by atoms with Crippen LogP contribution in [0.4, 0.5) is 16.2 Å². The summed E-state index contributed by atoms with van der Waals surface area (Å²) in [6, 6.07) is 6.37. The summed E-state index contributed by atoms with van der Waals surface area (Å²) in [5.74, 6) is 0.277. The quantitative estimate of drug-likeness (QED) is 0.935. The maximum absolute atomic E-state index is 13.6. The molecule has 4 nitrogen and oxygen atoms in total. The largest absolute Gasteiger partial charge is 0.360 e. The summed E-state index contributed by atoms with van der Waals surface area (Å²) in [6.45, 7) is 6.18. The Balaban J connectivity index is 2.25. The first-order valence-corrected chi connectivity index (χ1v) is 6.92. The number of aromatic nitrogens is 2. The summed E-state index contributed by atoms with van der Waals surface area (Å²) in [5, 5.41) is 3.23. The lowest BCUT2D eigenvalue weighted by atomic mass is 10.0. The molecule has 0 fully saturated rings. The number of nitrogens with zero attached hydrogens (tertiary/aromatic N) is 3. The minimum Gasteiger partial charge on any atom is -0.360 e. The first kappa shape index (κ1) is 15.2. The summed E-state index contributed by atoms with van der Waals surface area (Å²) in [5.41, 5.74) is 3.60. The Bertz CT molecular complexity index is 640. The Hall–Kier alpha value is -2.17. The lowest BCUT2D eigenvalue weighted by Gasteiger charge is -2.19. The highest BCUT2D eigenvalue weighted by Crippen LogP contribution is 2.23. The lowest BCUT2D eigenvalue weighted by molar-refractivity contribution is 0.611. The monoisotopic (exact) mass is 288 g/mol. The van der Waals surface area contributed by atoms with E-state index >= 15 is 0 Å². The van der Waals surface area contributed by atoms with Gasteiger partial charge in [-0.1, -0.05) is 23.8 Å². The molecule has 0 bridgehead atoms. The molecule has 0 radical (unpaired) electrons. The summed E-state index contributed by atoms with van der Waals surface area (Å²) in [6.07, 6.45) is 1.19. The molecule has 1 aromatic carbocycles. The number of anilines is 2. The molecule has 5 heteroatoms. The second kappa shape index (κ2) is 6.08. The average molecular weight is 288 g/mol. The van der Waals surface area contributed by atoms with E-state index in [-0.39, 0.29) is 11.9 Å². The lowest BCUT2D eigenvalue weighted by Crippen LogP contribution is -2.16. The van der Waals surface area contributed by atoms with Gasteiger partial charge in [-0.3, -0.25) is 0 Å². The highest BCUT2D eigenvalue weighted by molar-refractivity contribution is 5.44. The maximum atomic E-state index is 13.6. The van der Waals surface area contributed by atoms with Gasteiger partial charge < -0.3 is 10.2 Å². The molecule has 1 unspecified atom stereocenters. The third kappa shape index (κ3) is 3.48. The van der Waals surface area contributed by atoms with Gasteiger partial charge in [0.15, 0.2) is 11.6 Å². The van der Waals surface area contributed by atoms with Crippen LogP contribution in [0.5, 0.6) is 0 Å². The van der Waals surface area contributed by atoms with Crippen LogP contribution in [0.25, 0.3) is 0 Å². The van der Waals surface area contributed by atoms with E-state index in [0.29, 0.717) is 5.95 Å². The van der Waals surface area contributed by atoms with E-state index in [9.17, 15) is 4.39 Å². The Morgan fingerprint density at radius 1 is 1.24 bits per heavy atom. The van der Waals surface area contributed by atoms with Crippen molar-refractivity contribution in [2.24, 2.45) is 0 Å². The third-order valence-electron chi connectivity index (χ3n) is 3.40. The van der Waals surface area contributed by atoms with Crippen molar-refractivity contribution in [1.29, 1.82) is 0 Å². The average Bonchev–Trinajstić information content (AvgIpc) is 2.43. The number of nitrogens with one attached hydrogen (secondary N) is 1. The molecule has 1 aromatic heterocycles. The van der Waals surface area contributed by atoms with Crippen LogP contribution in [0.2, 0.25) is 0 Å². The van der Waals surface area contributed by atoms with E-state index in [1.807, 2.05) is 6.92 Å². The van der Waals surface area contributed by atoms with Crippen LogP contribution >= 0.6 is 0 Å². The van der Waals surface area contributed by atoms with Crippen molar-refractivity contribution in [3.63, 3.8) is 0 Å². The minimum atomic E-state index is -0.426. The van der Waals surface area contributed by atoms with Gasteiger partial charge in [-0.05, 0) is 31.9 Å². The van der Waals surface area contributed by atoms with Crippen molar-refractivity contribution in [3.8, 4) is 0 Å². The SMILES string of the molecule is Cc1ccc(C)c(C(C)Nc2ncc(F)c(N(C)C)n2)c1. The molecule has 2 aromatic rings. The van der Waals surface area contributed by atoms with Gasteiger partial charge in [-0.25, -0.2) is 9.37 Å². The fourth-order valence-electron chi connectivity index (χ4n) is 2.24. The van der Waals surface area contributed by atoms with Crippen LogP contribution in [-0.4, -0.2) is 24.1 Å². The van der Waals surface area contributed by atoms with Crippen LogP contribution in [0, 0.1) is 19.7 Å². The summed E-state index contributed by atoms with van der Waals surface area (Å²) in [7, 11) is 3.51. The Morgan fingerprint density at radius 2 is 1.95 bits per heavy atom. The molecule has 0 aliphatic carbocycles. The maximum Gasteiger partial charge on any atom is 0.225 e. The van der Waals surface area contributed by atoms with Crippen molar-refractivity contribution < 1.29 is 4.39 Å². The van der Waals surface area contributed by atoms with E-state index in [1.165, 1.54) is 22.9 Å². The summed E-state index contributed by atoms with van der Waals surface area (Å²) >= 11 is 0. The zero-order valence-corrected chi connectivity index (χ0v) is 13.1. The highest BCUT2D eigenvalue weighted by atomic mass is 19.1. The van der Waals surface area contributed by atoms with Gasteiger partial charge in [-0.15, -0.1) is 0 Å². The van der Waals surface area contributed by atoms with Gasteiger partial charge >= 0.3 is 0 Å². The Labute approximate surface area is 125 Å². The third-order valence-corrected chi connectivity index (χ3v) is 3.40. The van der Waals surface area contributed by atoms with Gasteiger partial charge in [0.2, 0.25) is 5.95 Å². The molecule has 0 amide bonds. The molecular formula is C16H21FN4. The van der Waals surface area contributed by atoms with Crippen LogP contribution in [-0.2, 0) is 0 Å². The molecule has 1 heterocycles. The van der Waals surface area contributed by atoms with Crippen molar-refractivity contribution in [3.05, 3.63) is 46.9 Å². The first-order chi connectivity index (χ1) is 9.88. The molecule has 0 saturated heterocycles. The summed E-state index contributed by atoms with van der Waals surface area (Å²) < 4.78 is 13.6. The van der Waals surface area contributed by atoms with E-state index in [2.05, 4.69) is 47.3 Å². The normalized spacial score (nSPS) is 12.1. The van der Waals surface area contributed by atoms with Crippen LogP contribution in [0.1, 0.15) is 29.7 Å². The highest BCUT2D eigenvalue weighted by Gasteiger charge is 2.13. The predicted molar refractivity (Wildman–Crippen MR) is 84.3 cm³/mol. The van der Waals surface area contributed by atoms with Crippen molar-refractivity contribution in [2.75, 3.05) is 24.3 Å². The van der Waals surface area contributed by atoms with Gasteiger partial charge in [0, 0.05) is 14.1 Å². The van der Waals surface area contributed by atoms with E-state index in [4.69, 9.17) is 0 Å². The zero-order valence-electron chi connectivity index (χ0n) is 13.1. The number of aryl methyl sites for hydroxylation is 2. The van der Waals surface area contributed by atoms with Gasteiger partial charge in [0.1, 0.15) is 0 Å². The molecular weight excluding hydrogens is 267 g/mol. The van der Waals surface area contributed by atoms with E-state index in [0.717, 1.165) is 0 Å². The molecule has 0 aliphatic heterocycles. The predicted octanol–water partition coefficient (Wildman–Crippen LogP) is 3.47. The van der Waals surface area contributed by atoms with Crippen LogP contribution in [0.3, 0.4) is 0 Å². The Morgan fingerprint density at radius 3 is 2.62 bits per heavy atom. The number of halogens is 1. The molecule has 2 rings (SSSR count). The zero-order chi connectivity index (χ0) is 15.6. The molecule has 1 N–H and O–H groups in total. The fourth-order valence-corrected chi connectivity index (χ4v) is 2.24. The smallest absolute Gasteiger partial charge is 0.225 e. The molecule has 0 aliphatic rings. The molecule has 1 atom stereocenters. The van der Waals surface area contributed by atoms with E-state index in [1.54, 1.807) is 19.0 Å². The second-order valence-corrected chi connectivity index (χ2v) is 5.49. The van der Waals surface area contributed by atoms with Gasteiger partial charge in [0.25, 0.3) is 0 Å². The summed E-state index contributed by atoms with van der Waals surface area (Å²) in [4.78, 5) is 9.86. The van der Waals surface area contributed by atoms with Crippen LogP contribution in [0.15, 0.2) is 24.4 Å². The first-order valence-electron chi connectivity index (χ1n) is 6.92. The fraction of sp³-hybridized carbons (Fsp3) is 0.375. The van der Waals surface area contributed by atoms with Crippen LogP contribution < -0.4 is 10.2 Å². The molecule has 0 spiro atoms. The van der Waals surface area contributed by atoms with Crippen molar-refractivity contribution in [2.45, 2.75) is 26.8 Å². The standard InChI is InChI=1S/C16H21FN4/c1-10-6-7-11(2)13(8-10)12(3)19-16-18-9-14(17)15(20-16)21(4)5/h6-9,12H,1-5H3,(H,18,19,20). The number of rotatable bonds is 4. The number of benzene rings is 1. The minimum absolute atomic E-state index is 0.0466. The topological polar surface area (TPSA) is 41.1 Å². The number of hydrogen-bond donors (Lipinski definition) is 1. The molecule has 112 valence electrons. The Kier molecular flexibility index (Phi) is 4.40. The number of hydrogen-bond acceptors (Lipinski definition) is 4.